The van der Waals surface area contributed by atoms with Crippen LogP contribution in [-0.4, -0.2) is 33.9 Å². The maximum Gasteiger partial charge on any atom is 0.377 e. The van der Waals surface area contributed by atoms with Crippen molar-refractivity contribution in [3.8, 4) is 0 Å². The summed E-state index contributed by atoms with van der Waals surface area (Å²) in [6, 6.07) is 3.26. The number of hydrogen-bond acceptors (Lipinski definition) is 6. The molecule has 0 spiro atoms. The molecular weight excluding hydrogens is 288 g/mol. The second-order valence-electron chi connectivity index (χ2n) is 3.99. The number of nitrogens with two attached hydrogens (primary N) is 1. The zero-order valence-electron chi connectivity index (χ0n) is 10.4. The van der Waals surface area contributed by atoms with Crippen LogP contribution in [0.2, 0.25) is 4.34 Å². The fourth-order valence-electron chi connectivity index (χ4n) is 1.71. The number of methoxy groups -OCH3 is 1. The largest absolute Gasteiger partial charge is 0.463 e. The van der Waals surface area contributed by atoms with E-state index in [1.807, 2.05) is 13.0 Å². The molecule has 0 bridgehead atoms. The Kier molecular flexibility index (Phi) is 4.18. The van der Waals surface area contributed by atoms with Crippen LogP contribution in [0.25, 0.3) is 0 Å². The molecule has 2 aromatic heterocycles. The normalized spacial score (nSPS) is 14.1. The number of halogens is 1. The third-order valence-electron chi connectivity index (χ3n) is 2.55. The highest BCUT2D eigenvalue weighted by atomic mass is 35.5. The van der Waals surface area contributed by atoms with Gasteiger partial charge in [-0.2, -0.15) is 0 Å². The van der Waals surface area contributed by atoms with Gasteiger partial charge in [0, 0.05) is 10.9 Å². The zero-order valence-corrected chi connectivity index (χ0v) is 12.0. The molecule has 0 fully saturated rings. The van der Waals surface area contributed by atoms with Crippen LogP contribution >= 0.6 is 22.9 Å². The van der Waals surface area contributed by atoms with Crippen LogP contribution < -0.4 is 5.73 Å². The Morgan fingerprint density at radius 1 is 1.58 bits per heavy atom. The average Bonchev–Trinajstić information content (AvgIpc) is 2.98. The van der Waals surface area contributed by atoms with E-state index in [0.29, 0.717) is 4.34 Å². The molecule has 8 heteroatoms. The molecule has 0 aliphatic carbocycles. The summed E-state index contributed by atoms with van der Waals surface area (Å²) in [6.07, 6.45) is 1.47. The standard InChI is InChI=1S/C11H13ClN4O2S/c1-6(13)9(7-3-4-8(12)19-7)16-5-14-10(15-16)11(17)18-2/h3-6,9H,13H2,1-2H3. The lowest BCUT2D eigenvalue weighted by molar-refractivity contribution is 0.0586. The van der Waals surface area contributed by atoms with Crippen LogP contribution in [-0.2, 0) is 4.74 Å². The van der Waals surface area contributed by atoms with Crippen LogP contribution in [0.4, 0.5) is 0 Å². The van der Waals surface area contributed by atoms with E-state index in [1.165, 1.54) is 24.8 Å². The van der Waals surface area contributed by atoms with Gasteiger partial charge in [-0.3, -0.25) is 0 Å². The third kappa shape index (κ3) is 2.94. The first-order chi connectivity index (χ1) is 9.02. The molecule has 2 aromatic rings. The first-order valence-corrected chi connectivity index (χ1v) is 6.72. The number of nitrogens with zero attached hydrogens (tertiary/aromatic N) is 3. The summed E-state index contributed by atoms with van der Waals surface area (Å²) in [7, 11) is 1.28. The summed E-state index contributed by atoms with van der Waals surface area (Å²) in [5, 5.41) is 4.10. The smallest absolute Gasteiger partial charge is 0.377 e. The lowest BCUT2D eigenvalue weighted by atomic mass is 10.1. The van der Waals surface area contributed by atoms with E-state index in [0.717, 1.165) is 4.88 Å². The minimum absolute atomic E-state index is 0.0100. The molecule has 2 rings (SSSR count). The third-order valence-corrected chi connectivity index (χ3v) is 3.85. The van der Waals surface area contributed by atoms with Crippen molar-refractivity contribution in [3.05, 3.63) is 33.5 Å². The number of rotatable bonds is 4. The summed E-state index contributed by atoms with van der Waals surface area (Å²) in [5.74, 6) is -0.567. The van der Waals surface area contributed by atoms with Crippen molar-refractivity contribution in [2.24, 2.45) is 5.73 Å². The quantitative estimate of drug-likeness (QED) is 0.869. The Morgan fingerprint density at radius 2 is 2.32 bits per heavy atom. The Hall–Kier alpha value is -1.44. The lowest BCUT2D eigenvalue weighted by Crippen LogP contribution is -2.30. The summed E-state index contributed by atoms with van der Waals surface area (Å²) in [4.78, 5) is 16.2. The van der Waals surface area contributed by atoms with E-state index in [4.69, 9.17) is 17.3 Å². The SMILES string of the molecule is COC(=O)c1ncn(C(c2ccc(Cl)s2)C(C)N)n1. The van der Waals surface area contributed by atoms with Gasteiger partial charge in [-0.1, -0.05) is 11.6 Å². The number of carbonyl (C=O) groups excluding carboxylic acids is 1. The topological polar surface area (TPSA) is 83.0 Å². The van der Waals surface area contributed by atoms with E-state index >= 15 is 0 Å². The summed E-state index contributed by atoms with van der Waals surface area (Å²) < 4.78 is 6.80. The molecule has 0 aliphatic rings. The molecule has 0 saturated heterocycles. The Balaban J connectivity index is 2.35. The molecule has 2 atom stereocenters. The van der Waals surface area contributed by atoms with Crippen LogP contribution in [0.1, 0.15) is 28.5 Å². The Labute approximate surface area is 119 Å². The molecule has 19 heavy (non-hydrogen) atoms. The highest BCUT2D eigenvalue weighted by molar-refractivity contribution is 7.16. The molecular formula is C11H13ClN4O2S. The number of thiophene rings is 1. The molecule has 0 aromatic carbocycles. The predicted octanol–water partition coefficient (Wildman–Crippen LogP) is 1.72. The van der Waals surface area contributed by atoms with Gasteiger partial charge in [0.2, 0.25) is 0 Å². The highest BCUT2D eigenvalue weighted by Gasteiger charge is 2.23. The molecule has 6 nitrogen and oxygen atoms in total. The number of esters is 1. The van der Waals surface area contributed by atoms with Crippen molar-refractivity contribution >= 4 is 28.9 Å². The van der Waals surface area contributed by atoms with Crippen LogP contribution in [0, 0.1) is 0 Å². The van der Waals surface area contributed by atoms with Crippen LogP contribution in [0.15, 0.2) is 18.5 Å². The van der Waals surface area contributed by atoms with Crippen molar-refractivity contribution in [1.29, 1.82) is 0 Å². The van der Waals surface area contributed by atoms with Crippen LogP contribution in [0.3, 0.4) is 0 Å². The number of carbonyl (C=O) groups is 1. The number of ether oxygens (including phenoxy) is 1. The van der Waals surface area contributed by atoms with Crippen molar-refractivity contribution in [3.63, 3.8) is 0 Å². The maximum absolute atomic E-state index is 11.3. The second-order valence-corrected chi connectivity index (χ2v) is 5.73. The maximum atomic E-state index is 11.3. The fourth-order valence-corrected chi connectivity index (χ4v) is 2.98. The highest BCUT2D eigenvalue weighted by Crippen LogP contribution is 2.30. The van der Waals surface area contributed by atoms with Gasteiger partial charge in [-0.25, -0.2) is 14.5 Å². The number of aromatic nitrogens is 3. The Bertz CT molecular complexity index is 581. The molecule has 0 amide bonds. The van der Waals surface area contributed by atoms with E-state index in [-0.39, 0.29) is 17.9 Å². The fraction of sp³-hybridized carbons (Fsp3) is 0.364. The van der Waals surface area contributed by atoms with Gasteiger partial charge in [-0.05, 0) is 19.1 Å². The summed E-state index contributed by atoms with van der Waals surface area (Å²) >= 11 is 7.36. The minimum atomic E-state index is -0.577. The van der Waals surface area contributed by atoms with Gasteiger partial charge >= 0.3 is 5.97 Å². The van der Waals surface area contributed by atoms with Crippen molar-refractivity contribution < 1.29 is 9.53 Å². The molecule has 2 unspecified atom stereocenters. The molecule has 2 N–H and O–H groups in total. The van der Waals surface area contributed by atoms with Gasteiger partial charge in [0.1, 0.15) is 12.4 Å². The minimum Gasteiger partial charge on any atom is -0.463 e. The van der Waals surface area contributed by atoms with E-state index in [2.05, 4.69) is 14.8 Å². The van der Waals surface area contributed by atoms with E-state index in [1.54, 1.807) is 10.7 Å². The molecule has 102 valence electrons. The van der Waals surface area contributed by atoms with E-state index < -0.39 is 5.97 Å². The molecule has 0 aliphatic heterocycles. The Morgan fingerprint density at radius 3 is 2.84 bits per heavy atom. The molecule has 0 saturated carbocycles. The van der Waals surface area contributed by atoms with Crippen molar-refractivity contribution in [2.45, 2.75) is 19.0 Å². The number of hydrogen-bond donors (Lipinski definition) is 1. The van der Waals surface area contributed by atoms with E-state index in [9.17, 15) is 4.79 Å². The van der Waals surface area contributed by atoms with Gasteiger partial charge in [0.25, 0.3) is 5.82 Å². The lowest BCUT2D eigenvalue weighted by Gasteiger charge is -2.19. The first kappa shape index (κ1) is 14.0. The second kappa shape index (κ2) is 5.68. The van der Waals surface area contributed by atoms with Crippen molar-refractivity contribution in [2.75, 3.05) is 7.11 Å². The van der Waals surface area contributed by atoms with Gasteiger partial charge < -0.3 is 10.5 Å². The zero-order chi connectivity index (χ0) is 14.0. The monoisotopic (exact) mass is 300 g/mol. The first-order valence-electron chi connectivity index (χ1n) is 5.53. The van der Waals surface area contributed by atoms with Crippen molar-refractivity contribution in [1.82, 2.24) is 14.8 Å². The predicted molar refractivity (Wildman–Crippen MR) is 72.5 cm³/mol. The van der Waals surface area contributed by atoms with Crippen LogP contribution in [0.5, 0.6) is 0 Å². The molecule has 2 heterocycles. The molecule has 0 radical (unpaired) electrons. The van der Waals surface area contributed by atoms with Gasteiger partial charge in [-0.15, -0.1) is 16.4 Å². The van der Waals surface area contributed by atoms with Gasteiger partial charge in [0.15, 0.2) is 0 Å². The average molecular weight is 301 g/mol. The van der Waals surface area contributed by atoms with Gasteiger partial charge in [0.05, 0.1) is 11.4 Å². The summed E-state index contributed by atoms with van der Waals surface area (Å²) in [5.41, 5.74) is 5.99. The summed E-state index contributed by atoms with van der Waals surface area (Å²) in [6.45, 7) is 1.86.